The average Bonchev–Trinajstić information content (AvgIpc) is 3.11. The minimum atomic E-state index is -0.304. The standard InChI is InChI=1S/C26H14ClN3O2/c1-13-10-11-16-17(12-13)26(32)24-23(25(16)31)29-21-15-7-3-2-6-14(15)20(22(21)30-24)28-19-9-5-4-8-18(19)27/h2-12H,1H3. The van der Waals surface area contributed by atoms with Gasteiger partial charge in [-0.1, -0.05) is 59.6 Å². The maximum Gasteiger partial charge on any atom is 0.214 e. The lowest BCUT2D eigenvalue weighted by Crippen LogP contribution is -2.16. The van der Waals surface area contributed by atoms with Crippen molar-refractivity contribution >= 4 is 60.9 Å². The zero-order valence-electron chi connectivity index (χ0n) is 16.9. The Morgan fingerprint density at radius 2 is 1.34 bits per heavy atom. The molecule has 0 saturated heterocycles. The molecule has 0 spiro atoms. The van der Waals surface area contributed by atoms with E-state index in [1.54, 1.807) is 18.2 Å². The number of aromatic nitrogens is 2. The third-order valence-electron chi connectivity index (χ3n) is 5.74. The lowest BCUT2D eigenvalue weighted by molar-refractivity contribution is 1.34. The van der Waals surface area contributed by atoms with Gasteiger partial charge in [-0.3, -0.25) is 9.59 Å². The van der Waals surface area contributed by atoms with Gasteiger partial charge in [0.25, 0.3) is 0 Å². The molecule has 0 atom stereocenters. The molecule has 152 valence electrons. The van der Waals surface area contributed by atoms with Crippen LogP contribution in [0, 0.1) is 6.92 Å². The number of benzene rings is 4. The van der Waals surface area contributed by atoms with Gasteiger partial charge in [0, 0.05) is 21.5 Å². The number of nitrogens with zero attached hydrogens (tertiary/aromatic N) is 3. The summed E-state index contributed by atoms with van der Waals surface area (Å²) < 4.78 is 0. The Bertz CT molecular complexity index is 1900. The normalized spacial score (nSPS) is 12.5. The molecule has 6 rings (SSSR count). The van der Waals surface area contributed by atoms with Crippen molar-refractivity contribution in [3.05, 3.63) is 103 Å². The van der Waals surface area contributed by atoms with Crippen molar-refractivity contribution in [3.8, 4) is 0 Å². The predicted molar refractivity (Wildman–Crippen MR) is 128 cm³/mol. The molecular weight excluding hydrogens is 422 g/mol. The van der Waals surface area contributed by atoms with Gasteiger partial charge in [0.15, 0.2) is 0 Å². The molecule has 6 aromatic rings. The van der Waals surface area contributed by atoms with E-state index in [4.69, 9.17) is 16.6 Å². The largest absolute Gasteiger partial charge is 0.287 e. The first-order chi connectivity index (χ1) is 15.5. The molecule has 0 amide bonds. The van der Waals surface area contributed by atoms with Crippen LogP contribution in [0.3, 0.4) is 0 Å². The van der Waals surface area contributed by atoms with E-state index in [2.05, 4.69) is 9.97 Å². The van der Waals surface area contributed by atoms with Crippen LogP contribution in [0.1, 0.15) is 5.56 Å². The molecule has 0 N–H and O–H groups in total. The van der Waals surface area contributed by atoms with Gasteiger partial charge in [-0.25, -0.2) is 15.0 Å². The van der Waals surface area contributed by atoms with Crippen molar-refractivity contribution in [1.82, 2.24) is 9.97 Å². The third kappa shape index (κ3) is 2.61. The molecule has 0 bridgehead atoms. The van der Waals surface area contributed by atoms with Crippen molar-refractivity contribution in [2.75, 3.05) is 0 Å². The van der Waals surface area contributed by atoms with Gasteiger partial charge in [-0.2, -0.15) is 0 Å². The van der Waals surface area contributed by atoms with Gasteiger partial charge < -0.3 is 0 Å². The molecule has 5 aromatic carbocycles. The molecule has 0 aliphatic heterocycles. The molecular formula is C26H14ClN3O2. The van der Waals surface area contributed by atoms with E-state index in [0.29, 0.717) is 37.9 Å². The number of halogens is 1. The van der Waals surface area contributed by atoms with E-state index in [9.17, 15) is 9.59 Å². The molecule has 6 heteroatoms. The van der Waals surface area contributed by atoms with Crippen LogP contribution < -0.4 is 16.2 Å². The molecule has 0 radical (unpaired) electrons. The second-order valence-corrected chi connectivity index (χ2v) is 8.19. The number of aryl methyl sites for hydroxylation is 1. The Labute approximate surface area is 186 Å². The monoisotopic (exact) mass is 435 g/mol. The van der Waals surface area contributed by atoms with Gasteiger partial charge in [-0.05, 0) is 31.2 Å². The highest BCUT2D eigenvalue weighted by Crippen LogP contribution is 2.27. The van der Waals surface area contributed by atoms with E-state index < -0.39 is 0 Å². The second kappa shape index (κ2) is 6.77. The van der Waals surface area contributed by atoms with Crippen LogP contribution in [0.25, 0.3) is 43.6 Å². The van der Waals surface area contributed by atoms with Crippen LogP contribution in [0.5, 0.6) is 0 Å². The zero-order valence-corrected chi connectivity index (χ0v) is 17.6. The Morgan fingerprint density at radius 3 is 2.12 bits per heavy atom. The van der Waals surface area contributed by atoms with Crippen LogP contribution in [-0.4, -0.2) is 9.97 Å². The summed E-state index contributed by atoms with van der Waals surface area (Å²) in [5.74, 6) is 0. The number of hydrogen-bond donors (Lipinski definition) is 0. The topological polar surface area (TPSA) is 72.3 Å². The van der Waals surface area contributed by atoms with Gasteiger partial charge in [0.05, 0.1) is 21.6 Å². The minimum Gasteiger partial charge on any atom is -0.287 e. The van der Waals surface area contributed by atoms with Crippen LogP contribution >= 0.6 is 11.6 Å². The maximum absolute atomic E-state index is 13.3. The summed E-state index contributed by atoms with van der Waals surface area (Å²) in [5, 5.41) is 3.45. The molecule has 1 heterocycles. The lowest BCUT2D eigenvalue weighted by atomic mass is 10.1. The molecule has 0 saturated carbocycles. The fraction of sp³-hybridized carbons (Fsp3) is 0.0385. The smallest absolute Gasteiger partial charge is 0.214 e. The summed E-state index contributed by atoms with van der Waals surface area (Å²) in [6.45, 7) is 1.88. The van der Waals surface area contributed by atoms with Crippen LogP contribution in [0.2, 0.25) is 5.02 Å². The van der Waals surface area contributed by atoms with E-state index in [-0.39, 0.29) is 21.9 Å². The van der Waals surface area contributed by atoms with Crippen molar-refractivity contribution in [3.63, 3.8) is 0 Å². The van der Waals surface area contributed by atoms with E-state index in [1.165, 1.54) is 0 Å². The summed E-state index contributed by atoms with van der Waals surface area (Å²) in [7, 11) is 0. The Kier molecular flexibility index (Phi) is 3.97. The summed E-state index contributed by atoms with van der Waals surface area (Å²) in [6, 6.07) is 20.1. The first-order valence-electron chi connectivity index (χ1n) is 10.1. The average molecular weight is 436 g/mol. The Morgan fingerprint density at radius 1 is 0.688 bits per heavy atom. The van der Waals surface area contributed by atoms with E-state index >= 15 is 0 Å². The highest BCUT2D eigenvalue weighted by Gasteiger charge is 2.18. The highest BCUT2D eigenvalue weighted by atomic mass is 35.5. The van der Waals surface area contributed by atoms with Crippen LogP contribution in [0.15, 0.2) is 81.3 Å². The van der Waals surface area contributed by atoms with Gasteiger partial charge in [-0.15, -0.1) is 0 Å². The van der Waals surface area contributed by atoms with E-state index in [0.717, 1.165) is 16.3 Å². The summed E-state index contributed by atoms with van der Waals surface area (Å²) in [4.78, 5) is 40.6. The number of fused-ring (bicyclic) bond motifs is 5. The number of rotatable bonds is 1. The molecule has 0 aliphatic rings. The summed E-state index contributed by atoms with van der Waals surface area (Å²) >= 11 is 6.34. The van der Waals surface area contributed by atoms with Crippen LogP contribution in [-0.2, 0) is 0 Å². The quantitative estimate of drug-likeness (QED) is 0.345. The molecule has 0 fully saturated rings. The number of para-hydroxylation sites is 1. The second-order valence-electron chi connectivity index (χ2n) is 7.78. The van der Waals surface area contributed by atoms with Gasteiger partial charge in [0.2, 0.25) is 10.9 Å². The Hall–Kier alpha value is -3.96. The molecule has 32 heavy (non-hydrogen) atoms. The lowest BCUT2D eigenvalue weighted by Gasteiger charge is -2.02. The number of hydrogen-bond acceptors (Lipinski definition) is 5. The SMILES string of the molecule is Cc1ccc2c(=O)c3nc4c(nc3c(=O)c2c1)c(=Nc1ccccc1Cl)c1ccccc14. The van der Waals surface area contributed by atoms with Gasteiger partial charge >= 0.3 is 0 Å². The van der Waals surface area contributed by atoms with Crippen LogP contribution in [0.4, 0.5) is 5.69 Å². The first kappa shape index (κ1) is 18.8. The van der Waals surface area contributed by atoms with Crippen molar-refractivity contribution in [1.29, 1.82) is 0 Å². The fourth-order valence-corrected chi connectivity index (χ4v) is 4.38. The first-order valence-corrected chi connectivity index (χ1v) is 10.5. The minimum absolute atomic E-state index is 0.0616. The third-order valence-corrected chi connectivity index (χ3v) is 6.06. The summed E-state index contributed by atoms with van der Waals surface area (Å²) in [5.41, 5.74) is 2.06. The molecule has 5 nitrogen and oxygen atoms in total. The molecule has 1 aromatic heterocycles. The predicted octanol–water partition coefficient (Wildman–Crippen LogP) is 4.88. The maximum atomic E-state index is 13.3. The summed E-state index contributed by atoms with van der Waals surface area (Å²) in [6.07, 6.45) is 0. The zero-order chi connectivity index (χ0) is 22.0. The highest BCUT2D eigenvalue weighted by molar-refractivity contribution is 6.33. The van der Waals surface area contributed by atoms with E-state index in [1.807, 2.05) is 55.5 Å². The fourth-order valence-electron chi connectivity index (χ4n) is 4.20. The van der Waals surface area contributed by atoms with Crippen molar-refractivity contribution in [2.45, 2.75) is 6.92 Å². The van der Waals surface area contributed by atoms with Crippen molar-refractivity contribution in [2.24, 2.45) is 4.99 Å². The Balaban J connectivity index is 1.86. The van der Waals surface area contributed by atoms with Crippen molar-refractivity contribution < 1.29 is 0 Å². The molecule has 0 aliphatic carbocycles. The van der Waals surface area contributed by atoms with Gasteiger partial charge in [0.1, 0.15) is 16.6 Å². The molecule has 0 unspecified atom stereocenters.